The summed E-state index contributed by atoms with van der Waals surface area (Å²) in [4.78, 5) is 10.6. The zero-order valence-corrected chi connectivity index (χ0v) is 10.6. The second-order valence-electron chi connectivity index (χ2n) is 4.86. The molecule has 1 heterocycles. The van der Waals surface area contributed by atoms with Gasteiger partial charge in [-0.2, -0.15) is 0 Å². The van der Waals surface area contributed by atoms with Gasteiger partial charge in [0.25, 0.3) is 0 Å². The van der Waals surface area contributed by atoms with Crippen molar-refractivity contribution < 1.29 is 19.2 Å². The molecule has 0 aromatic carbocycles. The van der Waals surface area contributed by atoms with Crippen LogP contribution in [0.5, 0.6) is 0 Å². The summed E-state index contributed by atoms with van der Waals surface area (Å²) >= 11 is 0. The van der Waals surface area contributed by atoms with E-state index in [9.17, 15) is 4.79 Å². The van der Waals surface area contributed by atoms with E-state index in [4.69, 9.17) is 14.4 Å². The van der Waals surface area contributed by atoms with E-state index in [-0.39, 0.29) is 11.8 Å². The highest BCUT2D eigenvalue weighted by Gasteiger charge is 2.22. The fourth-order valence-corrected chi connectivity index (χ4v) is 2.45. The average molecular weight is 253 g/mol. The maximum atomic E-state index is 10.6. The molecule has 1 N–H and O–H groups in total. The third-order valence-corrected chi connectivity index (χ3v) is 3.55. The number of carboxylic acids is 1. The Morgan fingerprint density at radius 1 is 1.61 bits per heavy atom. The smallest absolute Gasteiger partial charge is 0.358 e. The van der Waals surface area contributed by atoms with Crippen LogP contribution in [0.2, 0.25) is 0 Å². The Kier molecular flexibility index (Phi) is 4.36. The normalized spacial score (nSPS) is 24.1. The predicted molar refractivity (Wildman–Crippen MR) is 64.3 cm³/mol. The van der Waals surface area contributed by atoms with Crippen molar-refractivity contribution in [1.29, 1.82) is 0 Å². The summed E-state index contributed by atoms with van der Waals surface area (Å²) in [5.74, 6) is 0.160. The molecule has 1 aromatic rings. The van der Waals surface area contributed by atoms with Crippen LogP contribution >= 0.6 is 0 Å². The van der Waals surface area contributed by atoms with Crippen LogP contribution < -0.4 is 0 Å². The molecule has 1 aliphatic carbocycles. The van der Waals surface area contributed by atoms with Crippen LogP contribution in [0.3, 0.4) is 0 Å². The lowest BCUT2D eigenvalue weighted by Crippen LogP contribution is -2.22. The summed E-state index contributed by atoms with van der Waals surface area (Å²) in [7, 11) is 0. The number of rotatable bonds is 5. The second kappa shape index (κ2) is 6.00. The number of nitrogens with zero attached hydrogens (tertiary/aromatic N) is 1. The first-order chi connectivity index (χ1) is 8.69. The van der Waals surface area contributed by atoms with Crippen LogP contribution in [0.1, 0.15) is 55.3 Å². The molecule has 0 radical (unpaired) electrons. The first kappa shape index (κ1) is 13.1. The Hall–Kier alpha value is -1.36. The molecule has 5 nitrogen and oxygen atoms in total. The van der Waals surface area contributed by atoms with Crippen molar-refractivity contribution in [2.45, 2.75) is 51.7 Å². The van der Waals surface area contributed by atoms with Crippen molar-refractivity contribution in [3.63, 3.8) is 0 Å². The van der Waals surface area contributed by atoms with Crippen LogP contribution in [-0.2, 0) is 11.3 Å². The maximum absolute atomic E-state index is 10.6. The molecule has 100 valence electrons. The predicted octanol–water partition coefficient (Wildman–Crippen LogP) is 2.86. The van der Waals surface area contributed by atoms with Crippen molar-refractivity contribution >= 4 is 5.97 Å². The summed E-state index contributed by atoms with van der Waals surface area (Å²) in [6.45, 7) is 2.52. The molecule has 0 amide bonds. The van der Waals surface area contributed by atoms with Crippen molar-refractivity contribution in [2.75, 3.05) is 0 Å². The molecule has 2 atom stereocenters. The summed E-state index contributed by atoms with van der Waals surface area (Å²) in [6.07, 6.45) is 6.14. The van der Waals surface area contributed by atoms with Gasteiger partial charge in [0.05, 0.1) is 6.10 Å². The lowest BCUT2D eigenvalue weighted by Gasteiger charge is -2.28. The van der Waals surface area contributed by atoms with Gasteiger partial charge in [-0.3, -0.25) is 0 Å². The largest absolute Gasteiger partial charge is 0.476 e. The van der Waals surface area contributed by atoms with E-state index in [2.05, 4.69) is 12.1 Å². The minimum atomic E-state index is -1.08. The highest BCUT2D eigenvalue weighted by atomic mass is 16.5. The van der Waals surface area contributed by atoms with Gasteiger partial charge in [-0.15, -0.1) is 0 Å². The third-order valence-electron chi connectivity index (χ3n) is 3.55. The van der Waals surface area contributed by atoms with Crippen LogP contribution in [0, 0.1) is 5.92 Å². The number of carboxylic acid groups (broad SMARTS) is 1. The summed E-state index contributed by atoms with van der Waals surface area (Å²) in [5.41, 5.74) is -0.0660. The van der Waals surface area contributed by atoms with Crippen molar-refractivity contribution in [1.82, 2.24) is 5.16 Å². The Bertz CT molecular complexity index is 401. The maximum Gasteiger partial charge on any atom is 0.358 e. The number of hydrogen-bond acceptors (Lipinski definition) is 4. The van der Waals surface area contributed by atoms with Crippen molar-refractivity contribution in [2.24, 2.45) is 5.92 Å². The quantitative estimate of drug-likeness (QED) is 0.873. The van der Waals surface area contributed by atoms with Crippen molar-refractivity contribution in [3.05, 3.63) is 17.5 Å². The number of ether oxygens (including phenoxy) is 1. The first-order valence-corrected chi connectivity index (χ1v) is 6.49. The van der Waals surface area contributed by atoms with Gasteiger partial charge in [-0.1, -0.05) is 31.3 Å². The number of carbonyl (C=O) groups is 1. The Balaban J connectivity index is 1.81. The highest BCUT2D eigenvalue weighted by Crippen LogP contribution is 2.28. The molecule has 0 aliphatic heterocycles. The summed E-state index contributed by atoms with van der Waals surface area (Å²) in [6, 6.07) is 1.42. The minimum absolute atomic E-state index is 0.0660. The average Bonchev–Trinajstić information content (AvgIpc) is 2.85. The lowest BCUT2D eigenvalue weighted by molar-refractivity contribution is -0.00712. The number of aromatic nitrogens is 1. The Morgan fingerprint density at radius 3 is 3.11 bits per heavy atom. The molecule has 2 unspecified atom stereocenters. The second-order valence-corrected chi connectivity index (χ2v) is 4.86. The van der Waals surface area contributed by atoms with E-state index in [0.29, 0.717) is 12.4 Å². The van der Waals surface area contributed by atoms with Gasteiger partial charge in [-0.25, -0.2) is 4.79 Å². The molecule has 18 heavy (non-hydrogen) atoms. The van der Waals surface area contributed by atoms with E-state index >= 15 is 0 Å². The SMILES string of the molecule is CCC1CCCC(OCc2cc(C(=O)O)no2)C1. The minimum Gasteiger partial charge on any atom is -0.476 e. The molecule has 0 spiro atoms. The molecule has 0 saturated heterocycles. The lowest BCUT2D eigenvalue weighted by atomic mass is 9.85. The van der Waals surface area contributed by atoms with E-state index in [1.807, 2.05) is 0 Å². The molecule has 2 rings (SSSR count). The third kappa shape index (κ3) is 3.32. The van der Waals surface area contributed by atoms with Gasteiger partial charge in [0.15, 0.2) is 11.5 Å². The number of aromatic carboxylic acids is 1. The van der Waals surface area contributed by atoms with E-state index in [0.717, 1.165) is 18.8 Å². The monoisotopic (exact) mass is 253 g/mol. The topological polar surface area (TPSA) is 72.6 Å². The van der Waals surface area contributed by atoms with E-state index in [1.165, 1.54) is 25.3 Å². The Morgan fingerprint density at radius 2 is 2.44 bits per heavy atom. The van der Waals surface area contributed by atoms with E-state index < -0.39 is 5.97 Å². The van der Waals surface area contributed by atoms with Gasteiger partial charge < -0.3 is 14.4 Å². The molecule has 1 aliphatic rings. The summed E-state index contributed by atoms with van der Waals surface area (Å²) < 4.78 is 10.7. The van der Waals surface area contributed by atoms with Crippen LogP contribution in [0.25, 0.3) is 0 Å². The van der Waals surface area contributed by atoms with Crippen LogP contribution in [0.15, 0.2) is 10.6 Å². The first-order valence-electron chi connectivity index (χ1n) is 6.49. The van der Waals surface area contributed by atoms with Crippen LogP contribution in [-0.4, -0.2) is 22.3 Å². The summed E-state index contributed by atoms with van der Waals surface area (Å²) in [5, 5.41) is 12.2. The van der Waals surface area contributed by atoms with E-state index in [1.54, 1.807) is 0 Å². The molecule has 1 saturated carbocycles. The van der Waals surface area contributed by atoms with Gasteiger partial charge in [0.2, 0.25) is 0 Å². The zero-order chi connectivity index (χ0) is 13.0. The van der Waals surface area contributed by atoms with Gasteiger partial charge >= 0.3 is 5.97 Å². The molecule has 1 aromatic heterocycles. The van der Waals surface area contributed by atoms with Crippen molar-refractivity contribution in [3.8, 4) is 0 Å². The van der Waals surface area contributed by atoms with Crippen LogP contribution in [0.4, 0.5) is 0 Å². The Labute approximate surface area is 106 Å². The molecule has 1 fully saturated rings. The fraction of sp³-hybridized carbons (Fsp3) is 0.692. The van der Waals surface area contributed by atoms with Gasteiger partial charge in [-0.05, 0) is 18.8 Å². The zero-order valence-electron chi connectivity index (χ0n) is 10.6. The number of hydrogen-bond donors (Lipinski definition) is 1. The highest BCUT2D eigenvalue weighted by molar-refractivity contribution is 5.85. The molecule has 0 bridgehead atoms. The standard InChI is InChI=1S/C13H19NO4/c1-2-9-4-3-5-10(6-9)17-8-11-7-12(13(15)16)14-18-11/h7,9-10H,2-6,8H2,1H3,(H,15,16). The van der Waals surface area contributed by atoms with Gasteiger partial charge in [0.1, 0.15) is 6.61 Å². The molecular weight excluding hydrogens is 234 g/mol. The molecule has 5 heteroatoms. The van der Waals surface area contributed by atoms with Gasteiger partial charge in [0, 0.05) is 6.07 Å². The fourth-order valence-electron chi connectivity index (χ4n) is 2.45. The molecular formula is C13H19NO4.